The van der Waals surface area contributed by atoms with Gasteiger partial charge in [0.1, 0.15) is 6.33 Å². The van der Waals surface area contributed by atoms with Crippen molar-refractivity contribution in [3.63, 3.8) is 0 Å². The number of H-pyrrole nitrogens is 1. The van der Waals surface area contributed by atoms with E-state index in [0.717, 1.165) is 17.0 Å². The monoisotopic (exact) mass is 179 g/mol. The molecule has 0 saturated heterocycles. The van der Waals surface area contributed by atoms with Crippen LogP contribution in [0, 0.1) is 0 Å². The Balaban J connectivity index is 2.41. The van der Waals surface area contributed by atoms with Crippen LogP contribution >= 0.6 is 11.5 Å². The van der Waals surface area contributed by atoms with Crippen LogP contribution in [0.25, 0.3) is 10.7 Å². The van der Waals surface area contributed by atoms with E-state index < -0.39 is 0 Å². The molecule has 0 spiro atoms. The lowest BCUT2D eigenvalue weighted by Gasteiger charge is -1.85. The van der Waals surface area contributed by atoms with Crippen molar-refractivity contribution in [3.05, 3.63) is 24.2 Å². The highest BCUT2D eigenvalue weighted by molar-refractivity contribution is 7.09. The molecule has 2 heterocycles. The second-order valence-electron chi connectivity index (χ2n) is 2.19. The van der Waals surface area contributed by atoms with Crippen molar-refractivity contribution in [2.75, 3.05) is 0 Å². The Morgan fingerprint density at radius 2 is 2.42 bits per heavy atom. The van der Waals surface area contributed by atoms with E-state index >= 15 is 0 Å². The molecule has 12 heavy (non-hydrogen) atoms. The largest absolute Gasteiger partial charge is 0.350 e. The molecule has 0 amide bonds. The number of hydrogen-bond acceptors (Lipinski definition) is 4. The maximum absolute atomic E-state index is 10.3. The summed E-state index contributed by atoms with van der Waals surface area (Å²) in [5, 5.41) is 0.795. The summed E-state index contributed by atoms with van der Waals surface area (Å²) in [6.45, 7) is 0. The van der Waals surface area contributed by atoms with Gasteiger partial charge in [-0.2, -0.15) is 4.37 Å². The Kier molecular flexibility index (Phi) is 1.71. The maximum atomic E-state index is 10.3. The van der Waals surface area contributed by atoms with Gasteiger partial charge in [-0.3, -0.25) is 4.79 Å². The molecule has 0 aromatic carbocycles. The zero-order valence-electron chi connectivity index (χ0n) is 6.02. The summed E-state index contributed by atoms with van der Waals surface area (Å²) in [6.07, 6.45) is 2.26. The van der Waals surface area contributed by atoms with Gasteiger partial charge in [0.25, 0.3) is 0 Å². The van der Waals surface area contributed by atoms with Crippen LogP contribution in [0.2, 0.25) is 0 Å². The van der Waals surface area contributed by atoms with E-state index in [1.54, 1.807) is 6.07 Å². The molecule has 0 fully saturated rings. The van der Waals surface area contributed by atoms with Crippen LogP contribution in [-0.4, -0.2) is 20.6 Å². The van der Waals surface area contributed by atoms with Crippen LogP contribution in [0.1, 0.15) is 10.5 Å². The molecule has 60 valence electrons. The summed E-state index contributed by atoms with van der Waals surface area (Å²) in [6, 6.07) is 3.52. The summed E-state index contributed by atoms with van der Waals surface area (Å²) in [7, 11) is 0. The third-order valence-electron chi connectivity index (χ3n) is 1.43. The molecule has 0 atom stereocenters. The molecule has 2 aromatic rings. The van der Waals surface area contributed by atoms with Crippen molar-refractivity contribution in [1.82, 2.24) is 14.3 Å². The molecule has 2 rings (SSSR count). The van der Waals surface area contributed by atoms with E-state index in [4.69, 9.17) is 0 Å². The van der Waals surface area contributed by atoms with Gasteiger partial charge in [-0.05, 0) is 23.7 Å². The summed E-state index contributed by atoms with van der Waals surface area (Å²) in [4.78, 5) is 17.2. The van der Waals surface area contributed by atoms with Gasteiger partial charge in [-0.15, -0.1) is 0 Å². The zero-order chi connectivity index (χ0) is 8.39. The van der Waals surface area contributed by atoms with Gasteiger partial charge in [0, 0.05) is 0 Å². The fourth-order valence-electron chi connectivity index (χ4n) is 0.897. The van der Waals surface area contributed by atoms with Gasteiger partial charge in [-0.1, -0.05) is 0 Å². The predicted molar refractivity (Wildman–Crippen MR) is 45.1 cm³/mol. The predicted octanol–water partition coefficient (Wildman–Crippen LogP) is 1.35. The molecule has 2 aromatic heterocycles. The average Bonchev–Trinajstić information content (AvgIpc) is 2.75. The van der Waals surface area contributed by atoms with Crippen molar-refractivity contribution in [2.45, 2.75) is 0 Å². The number of nitrogens with zero attached hydrogens (tertiary/aromatic N) is 2. The van der Waals surface area contributed by atoms with Crippen LogP contribution in [0.15, 0.2) is 18.5 Å². The number of rotatable bonds is 2. The molecule has 5 heteroatoms. The first-order valence-electron chi connectivity index (χ1n) is 3.31. The molecule has 0 aliphatic heterocycles. The minimum Gasteiger partial charge on any atom is -0.350 e. The van der Waals surface area contributed by atoms with E-state index in [1.165, 1.54) is 17.9 Å². The number of hydrogen-bond donors (Lipinski definition) is 1. The molecule has 0 saturated carbocycles. The van der Waals surface area contributed by atoms with E-state index in [9.17, 15) is 4.79 Å². The molecule has 0 bridgehead atoms. The fraction of sp³-hybridized carbons (Fsp3) is 0. The van der Waals surface area contributed by atoms with Gasteiger partial charge in [0.05, 0.1) is 11.4 Å². The average molecular weight is 179 g/mol. The van der Waals surface area contributed by atoms with Crippen molar-refractivity contribution >= 4 is 17.8 Å². The minimum atomic E-state index is 0.556. The van der Waals surface area contributed by atoms with Crippen LogP contribution in [-0.2, 0) is 0 Å². The maximum Gasteiger partial charge on any atom is 0.166 e. The Morgan fingerprint density at radius 1 is 1.50 bits per heavy atom. The summed E-state index contributed by atoms with van der Waals surface area (Å²) < 4.78 is 3.86. The Morgan fingerprint density at radius 3 is 3.00 bits per heavy atom. The number of nitrogens with one attached hydrogen (secondary N) is 1. The van der Waals surface area contributed by atoms with Gasteiger partial charge in [0.15, 0.2) is 11.3 Å². The third-order valence-corrected chi connectivity index (χ3v) is 2.13. The Labute approximate surface area is 72.4 Å². The molecule has 0 radical (unpaired) electrons. The number of aromatic amines is 1. The smallest absolute Gasteiger partial charge is 0.166 e. The lowest BCUT2D eigenvalue weighted by atomic mass is 10.4. The van der Waals surface area contributed by atoms with Crippen LogP contribution in [0.4, 0.5) is 0 Å². The quantitative estimate of drug-likeness (QED) is 0.708. The summed E-state index contributed by atoms with van der Waals surface area (Å²) in [5.41, 5.74) is 1.39. The highest BCUT2D eigenvalue weighted by atomic mass is 32.1. The third kappa shape index (κ3) is 1.14. The highest BCUT2D eigenvalue weighted by Gasteiger charge is 2.02. The van der Waals surface area contributed by atoms with Crippen LogP contribution < -0.4 is 0 Å². The summed E-state index contributed by atoms with van der Waals surface area (Å²) >= 11 is 1.29. The molecular formula is C7H5N3OS. The topological polar surface area (TPSA) is 58.6 Å². The normalized spacial score (nSPS) is 10.0. The van der Waals surface area contributed by atoms with Gasteiger partial charge >= 0.3 is 0 Å². The molecule has 0 unspecified atom stereocenters. The number of aromatic nitrogens is 3. The van der Waals surface area contributed by atoms with Gasteiger partial charge in [0.2, 0.25) is 0 Å². The molecular weight excluding hydrogens is 174 g/mol. The molecule has 0 aliphatic carbocycles. The summed E-state index contributed by atoms with van der Waals surface area (Å²) in [5.74, 6) is 0. The van der Waals surface area contributed by atoms with Crippen LogP contribution in [0.5, 0.6) is 0 Å². The van der Waals surface area contributed by atoms with Crippen molar-refractivity contribution in [1.29, 1.82) is 0 Å². The first-order chi connectivity index (χ1) is 5.90. The number of carbonyl (C=O) groups excluding carboxylic acids is 1. The molecule has 0 aliphatic rings. The first-order valence-corrected chi connectivity index (χ1v) is 4.09. The Hall–Kier alpha value is -1.49. The lowest BCUT2D eigenvalue weighted by molar-refractivity contribution is 0.111. The van der Waals surface area contributed by atoms with E-state index in [0.29, 0.717) is 5.69 Å². The van der Waals surface area contributed by atoms with Gasteiger partial charge < -0.3 is 4.98 Å². The zero-order valence-corrected chi connectivity index (χ0v) is 6.84. The number of carbonyl (C=O) groups is 1. The van der Waals surface area contributed by atoms with Crippen LogP contribution in [0.3, 0.4) is 0 Å². The number of aldehydes is 1. The van der Waals surface area contributed by atoms with E-state index in [-0.39, 0.29) is 0 Å². The Bertz CT molecular complexity index is 379. The SMILES string of the molecule is O=Cc1ccc(-c2ncns2)[nH]1. The second-order valence-corrected chi connectivity index (χ2v) is 2.97. The van der Waals surface area contributed by atoms with E-state index in [1.807, 2.05) is 6.07 Å². The van der Waals surface area contributed by atoms with Crippen molar-refractivity contribution < 1.29 is 4.79 Å². The highest BCUT2D eigenvalue weighted by Crippen LogP contribution is 2.17. The van der Waals surface area contributed by atoms with Gasteiger partial charge in [-0.25, -0.2) is 4.98 Å². The van der Waals surface area contributed by atoms with Crippen molar-refractivity contribution in [3.8, 4) is 10.7 Å². The molecule has 1 N–H and O–H groups in total. The lowest BCUT2D eigenvalue weighted by Crippen LogP contribution is -1.78. The minimum absolute atomic E-state index is 0.556. The first kappa shape index (κ1) is 7.17. The van der Waals surface area contributed by atoms with Crippen molar-refractivity contribution in [2.24, 2.45) is 0 Å². The molecule has 4 nitrogen and oxygen atoms in total. The second kappa shape index (κ2) is 2.86. The standard InChI is InChI=1S/C7H5N3OS/c11-3-5-1-2-6(10-5)7-8-4-9-12-7/h1-4,10H. The van der Waals surface area contributed by atoms with E-state index in [2.05, 4.69) is 14.3 Å². The fourth-order valence-corrected chi connectivity index (χ4v) is 1.40.